The standard InChI is InChI=1S/C17H19ClN2O3S/c1-12-11-13(18)7-8-16(12)24(22,23)10-9-15(19)17(21)20-14-5-3-2-4-6-14/h2-8,11,15H,9-10,19H2,1H3,(H,20,21). The summed E-state index contributed by atoms with van der Waals surface area (Å²) in [6.45, 7) is 1.68. The number of sulfone groups is 1. The molecular formula is C17H19ClN2O3S. The fourth-order valence-electron chi connectivity index (χ4n) is 2.24. The van der Waals surface area contributed by atoms with Gasteiger partial charge in [0.1, 0.15) is 0 Å². The molecule has 2 aromatic rings. The molecule has 1 amide bonds. The van der Waals surface area contributed by atoms with Gasteiger partial charge in [0.15, 0.2) is 9.84 Å². The van der Waals surface area contributed by atoms with Gasteiger partial charge in [-0.3, -0.25) is 4.79 Å². The van der Waals surface area contributed by atoms with E-state index in [1.807, 2.05) is 6.07 Å². The van der Waals surface area contributed by atoms with Crippen molar-refractivity contribution in [1.82, 2.24) is 0 Å². The molecule has 0 saturated carbocycles. The Morgan fingerprint density at radius 2 is 1.88 bits per heavy atom. The smallest absolute Gasteiger partial charge is 0.241 e. The first-order valence-corrected chi connectivity index (χ1v) is 9.43. The second kappa shape index (κ2) is 7.79. The van der Waals surface area contributed by atoms with Gasteiger partial charge in [0.05, 0.1) is 16.7 Å². The fraction of sp³-hybridized carbons (Fsp3) is 0.235. The van der Waals surface area contributed by atoms with E-state index in [4.69, 9.17) is 17.3 Å². The maximum absolute atomic E-state index is 12.4. The summed E-state index contributed by atoms with van der Waals surface area (Å²) in [6.07, 6.45) is 0.0308. The van der Waals surface area contributed by atoms with Crippen LogP contribution in [-0.4, -0.2) is 26.1 Å². The van der Waals surface area contributed by atoms with E-state index in [1.54, 1.807) is 37.3 Å². The molecule has 1 atom stereocenters. The van der Waals surface area contributed by atoms with Gasteiger partial charge in [0.25, 0.3) is 0 Å². The number of aryl methyl sites for hydroxylation is 1. The third-order valence-electron chi connectivity index (χ3n) is 3.55. The first kappa shape index (κ1) is 18.4. The molecule has 1 unspecified atom stereocenters. The van der Waals surface area contributed by atoms with Crippen LogP contribution in [0.3, 0.4) is 0 Å². The third kappa shape index (κ3) is 4.80. The van der Waals surface area contributed by atoms with E-state index < -0.39 is 21.8 Å². The van der Waals surface area contributed by atoms with Crippen LogP contribution < -0.4 is 11.1 Å². The van der Waals surface area contributed by atoms with Crippen molar-refractivity contribution in [3.63, 3.8) is 0 Å². The number of amides is 1. The van der Waals surface area contributed by atoms with Crippen molar-refractivity contribution in [2.24, 2.45) is 5.73 Å². The van der Waals surface area contributed by atoms with Crippen LogP contribution in [-0.2, 0) is 14.6 Å². The highest BCUT2D eigenvalue weighted by Gasteiger charge is 2.21. The van der Waals surface area contributed by atoms with E-state index in [9.17, 15) is 13.2 Å². The molecule has 2 rings (SSSR count). The molecule has 0 fully saturated rings. The second-order valence-electron chi connectivity index (χ2n) is 5.48. The predicted molar refractivity (Wildman–Crippen MR) is 95.9 cm³/mol. The average molecular weight is 367 g/mol. The molecule has 3 N–H and O–H groups in total. The minimum atomic E-state index is -3.53. The largest absolute Gasteiger partial charge is 0.325 e. The summed E-state index contributed by atoms with van der Waals surface area (Å²) >= 11 is 5.85. The number of hydrogen-bond donors (Lipinski definition) is 2. The van der Waals surface area contributed by atoms with Gasteiger partial charge in [0.2, 0.25) is 5.91 Å². The number of halogens is 1. The molecular weight excluding hydrogens is 348 g/mol. The molecule has 24 heavy (non-hydrogen) atoms. The Hall–Kier alpha value is -1.89. The normalized spacial score (nSPS) is 12.6. The van der Waals surface area contributed by atoms with Gasteiger partial charge < -0.3 is 11.1 Å². The van der Waals surface area contributed by atoms with E-state index >= 15 is 0 Å². The van der Waals surface area contributed by atoms with Crippen LogP contribution in [0.1, 0.15) is 12.0 Å². The lowest BCUT2D eigenvalue weighted by molar-refractivity contribution is -0.117. The molecule has 7 heteroatoms. The fourth-order valence-corrected chi connectivity index (χ4v) is 4.08. The summed E-state index contributed by atoms with van der Waals surface area (Å²) in [4.78, 5) is 12.2. The molecule has 0 aromatic heterocycles. The highest BCUT2D eigenvalue weighted by atomic mass is 35.5. The maximum Gasteiger partial charge on any atom is 0.241 e. The number of rotatable bonds is 6. The summed E-state index contributed by atoms with van der Waals surface area (Å²) < 4.78 is 24.8. The van der Waals surface area contributed by atoms with Crippen LogP contribution in [0.4, 0.5) is 5.69 Å². The predicted octanol–water partition coefficient (Wildman–Crippen LogP) is 2.78. The zero-order valence-corrected chi connectivity index (χ0v) is 14.8. The Kier molecular flexibility index (Phi) is 5.99. The lowest BCUT2D eigenvalue weighted by Gasteiger charge is -2.13. The molecule has 0 radical (unpaired) electrons. The van der Waals surface area contributed by atoms with Gasteiger partial charge in [0, 0.05) is 10.7 Å². The number of anilines is 1. The number of carbonyl (C=O) groups excluding carboxylic acids is 1. The van der Waals surface area contributed by atoms with Gasteiger partial charge >= 0.3 is 0 Å². The van der Waals surface area contributed by atoms with Crippen LogP contribution in [0, 0.1) is 6.92 Å². The number of nitrogens with one attached hydrogen (secondary N) is 1. The Bertz CT molecular complexity index is 823. The minimum Gasteiger partial charge on any atom is -0.325 e. The van der Waals surface area contributed by atoms with Gasteiger partial charge in [-0.2, -0.15) is 0 Å². The highest BCUT2D eigenvalue weighted by Crippen LogP contribution is 2.21. The number of hydrogen-bond acceptors (Lipinski definition) is 4. The number of benzene rings is 2. The second-order valence-corrected chi connectivity index (χ2v) is 7.99. The minimum absolute atomic E-state index is 0.0308. The maximum atomic E-state index is 12.4. The summed E-state index contributed by atoms with van der Waals surface area (Å²) in [5, 5.41) is 3.14. The first-order chi connectivity index (χ1) is 11.3. The molecule has 0 aliphatic heterocycles. The van der Waals surface area contributed by atoms with E-state index in [0.29, 0.717) is 16.3 Å². The Morgan fingerprint density at radius 3 is 2.50 bits per heavy atom. The van der Waals surface area contributed by atoms with Gasteiger partial charge in [-0.05, 0) is 49.2 Å². The van der Waals surface area contributed by atoms with Crippen molar-refractivity contribution in [3.05, 3.63) is 59.1 Å². The van der Waals surface area contributed by atoms with E-state index in [-0.39, 0.29) is 17.1 Å². The SMILES string of the molecule is Cc1cc(Cl)ccc1S(=O)(=O)CCC(N)C(=O)Nc1ccccc1. The van der Waals surface area contributed by atoms with Crippen molar-refractivity contribution < 1.29 is 13.2 Å². The molecule has 0 heterocycles. The average Bonchev–Trinajstić information content (AvgIpc) is 2.53. The van der Waals surface area contributed by atoms with Gasteiger partial charge in [-0.1, -0.05) is 29.8 Å². The van der Waals surface area contributed by atoms with E-state index in [0.717, 1.165) is 0 Å². The Balaban J connectivity index is 1.99. The summed E-state index contributed by atoms with van der Waals surface area (Å²) in [5.74, 6) is -0.622. The van der Waals surface area contributed by atoms with Gasteiger partial charge in [-0.25, -0.2) is 8.42 Å². The van der Waals surface area contributed by atoms with Crippen molar-refractivity contribution >= 4 is 33.0 Å². The zero-order chi connectivity index (χ0) is 17.7. The Morgan fingerprint density at radius 1 is 1.21 bits per heavy atom. The number of carbonyl (C=O) groups is 1. The summed E-state index contributed by atoms with van der Waals surface area (Å²) in [7, 11) is -3.53. The lowest BCUT2D eigenvalue weighted by atomic mass is 10.2. The summed E-state index contributed by atoms with van der Waals surface area (Å²) in [6, 6.07) is 12.6. The van der Waals surface area contributed by atoms with E-state index in [2.05, 4.69) is 5.32 Å². The molecule has 128 valence electrons. The van der Waals surface area contributed by atoms with Crippen molar-refractivity contribution in [2.75, 3.05) is 11.1 Å². The number of nitrogens with two attached hydrogens (primary N) is 1. The molecule has 0 saturated heterocycles. The molecule has 0 spiro atoms. The lowest BCUT2D eigenvalue weighted by Crippen LogP contribution is -2.37. The van der Waals surface area contributed by atoms with Crippen molar-refractivity contribution in [3.8, 4) is 0 Å². The summed E-state index contributed by atoms with van der Waals surface area (Å²) in [5.41, 5.74) is 7.01. The topological polar surface area (TPSA) is 89.3 Å². The highest BCUT2D eigenvalue weighted by molar-refractivity contribution is 7.91. The molecule has 2 aromatic carbocycles. The first-order valence-electron chi connectivity index (χ1n) is 7.40. The molecule has 0 aliphatic carbocycles. The zero-order valence-electron chi connectivity index (χ0n) is 13.2. The molecule has 5 nitrogen and oxygen atoms in total. The molecule has 0 aliphatic rings. The van der Waals surface area contributed by atoms with Crippen molar-refractivity contribution in [1.29, 1.82) is 0 Å². The number of para-hydroxylation sites is 1. The van der Waals surface area contributed by atoms with Gasteiger partial charge in [-0.15, -0.1) is 0 Å². The third-order valence-corrected chi connectivity index (χ3v) is 5.68. The van der Waals surface area contributed by atoms with Crippen molar-refractivity contribution in [2.45, 2.75) is 24.3 Å². The van der Waals surface area contributed by atoms with Crippen LogP contribution in [0.2, 0.25) is 5.02 Å². The van der Waals surface area contributed by atoms with E-state index in [1.165, 1.54) is 12.1 Å². The van der Waals surface area contributed by atoms with Crippen LogP contribution in [0.15, 0.2) is 53.4 Å². The van der Waals surface area contributed by atoms with Crippen LogP contribution in [0.5, 0.6) is 0 Å². The quantitative estimate of drug-likeness (QED) is 0.822. The van der Waals surface area contributed by atoms with Crippen LogP contribution >= 0.6 is 11.6 Å². The van der Waals surface area contributed by atoms with Crippen LogP contribution in [0.25, 0.3) is 0 Å². The Labute approximate surface area is 146 Å². The monoisotopic (exact) mass is 366 g/mol. The molecule has 0 bridgehead atoms.